The molecule has 3 aromatic heterocycles. The van der Waals surface area contributed by atoms with Crippen LogP contribution in [0.1, 0.15) is 23.7 Å². The van der Waals surface area contributed by atoms with E-state index in [-0.39, 0.29) is 35.0 Å². The molecule has 4 aromatic rings. The standard InChI is InChI=1S/C27H25F2N7O3/c1-5-21(37)35-10-8-15(14-35)36-25-17(27-31-9-11-34(27)2)13-32-26(30)22(25)18(33-36)7-6-16-23(28)19(38-3)12-20(39-4)24(16)29/h5,9,11-13,15H,1,8,10,14H2,2-4H3,(H2,30,32)/t15-/m0/s1. The van der Waals surface area contributed by atoms with Gasteiger partial charge in [0, 0.05) is 44.8 Å². The predicted octanol–water partition coefficient (Wildman–Crippen LogP) is 3.07. The highest BCUT2D eigenvalue weighted by atomic mass is 19.1. The van der Waals surface area contributed by atoms with Crippen molar-refractivity contribution in [1.82, 2.24) is 29.2 Å². The second-order valence-electron chi connectivity index (χ2n) is 8.90. The van der Waals surface area contributed by atoms with Crippen LogP contribution in [0.5, 0.6) is 11.5 Å². The number of nitrogens with two attached hydrogens (primary N) is 1. The Morgan fingerprint density at radius 2 is 1.92 bits per heavy atom. The highest BCUT2D eigenvalue weighted by Gasteiger charge is 2.31. The summed E-state index contributed by atoms with van der Waals surface area (Å²) < 4.78 is 43.6. The van der Waals surface area contributed by atoms with Crippen LogP contribution in [0.2, 0.25) is 0 Å². The van der Waals surface area contributed by atoms with Crippen LogP contribution in [0.4, 0.5) is 14.6 Å². The number of nitrogen functional groups attached to an aromatic ring is 1. The smallest absolute Gasteiger partial charge is 0.246 e. The minimum absolute atomic E-state index is 0.139. The predicted molar refractivity (Wildman–Crippen MR) is 140 cm³/mol. The van der Waals surface area contributed by atoms with Crippen LogP contribution in [0.3, 0.4) is 0 Å². The quantitative estimate of drug-likeness (QED) is 0.310. The molecule has 1 atom stereocenters. The van der Waals surface area contributed by atoms with Crippen molar-refractivity contribution in [2.24, 2.45) is 7.05 Å². The summed E-state index contributed by atoms with van der Waals surface area (Å²) >= 11 is 0. The fourth-order valence-corrected chi connectivity index (χ4v) is 4.72. The second-order valence-corrected chi connectivity index (χ2v) is 8.90. The van der Waals surface area contributed by atoms with Gasteiger partial charge in [0.05, 0.1) is 36.7 Å². The number of likely N-dealkylation sites (tertiary alicyclic amines) is 1. The van der Waals surface area contributed by atoms with E-state index in [0.717, 1.165) is 6.07 Å². The van der Waals surface area contributed by atoms with Gasteiger partial charge in [-0.25, -0.2) is 18.7 Å². The first kappa shape index (κ1) is 25.7. The molecule has 0 bridgehead atoms. The number of carbonyl (C=O) groups is 1. The van der Waals surface area contributed by atoms with Crippen LogP contribution in [-0.2, 0) is 11.8 Å². The fraction of sp³-hybridized carbons (Fsp3) is 0.259. The van der Waals surface area contributed by atoms with E-state index < -0.39 is 17.2 Å². The Balaban J connectivity index is 1.74. The Hall–Kier alpha value is -4.92. The van der Waals surface area contributed by atoms with E-state index in [1.54, 1.807) is 28.2 Å². The van der Waals surface area contributed by atoms with E-state index in [1.165, 1.54) is 20.3 Å². The maximum Gasteiger partial charge on any atom is 0.246 e. The number of aryl methyl sites for hydroxylation is 1. The molecule has 1 aromatic carbocycles. The molecule has 0 saturated carbocycles. The topological polar surface area (TPSA) is 113 Å². The number of fused-ring (bicyclic) bond motifs is 1. The van der Waals surface area contributed by atoms with Crippen LogP contribution < -0.4 is 15.2 Å². The first-order valence-corrected chi connectivity index (χ1v) is 12.0. The van der Waals surface area contributed by atoms with Crippen molar-refractivity contribution in [2.45, 2.75) is 12.5 Å². The highest BCUT2D eigenvalue weighted by molar-refractivity contribution is 6.01. The molecule has 0 spiro atoms. The van der Waals surface area contributed by atoms with Gasteiger partial charge in [-0.2, -0.15) is 5.10 Å². The molecule has 5 rings (SSSR count). The fourth-order valence-electron chi connectivity index (χ4n) is 4.72. The van der Waals surface area contributed by atoms with Gasteiger partial charge >= 0.3 is 0 Å². The van der Waals surface area contributed by atoms with Gasteiger partial charge in [0.15, 0.2) is 23.1 Å². The molecule has 0 radical (unpaired) electrons. The summed E-state index contributed by atoms with van der Waals surface area (Å²) in [6.07, 6.45) is 6.93. The van der Waals surface area contributed by atoms with Crippen molar-refractivity contribution in [3.63, 3.8) is 0 Å². The summed E-state index contributed by atoms with van der Waals surface area (Å²) in [6, 6.07) is 0.885. The minimum Gasteiger partial charge on any atom is -0.493 e. The van der Waals surface area contributed by atoms with Gasteiger partial charge in [0.2, 0.25) is 5.91 Å². The van der Waals surface area contributed by atoms with Gasteiger partial charge in [-0.15, -0.1) is 0 Å². The van der Waals surface area contributed by atoms with Crippen molar-refractivity contribution >= 4 is 22.6 Å². The number of benzene rings is 1. The normalized spacial score (nSPS) is 14.8. The lowest BCUT2D eigenvalue weighted by Gasteiger charge is -2.16. The van der Waals surface area contributed by atoms with Gasteiger partial charge in [0.25, 0.3) is 0 Å². The number of rotatable bonds is 5. The van der Waals surface area contributed by atoms with Gasteiger partial charge < -0.3 is 24.7 Å². The number of carbonyl (C=O) groups excluding carboxylic acids is 1. The number of halogens is 2. The van der Waals surface area contributed by atoms with Crippen LogP contribution in [0.25, 0.3) is 22.3 Å². The SMILES string of the molecule is C=CC(=O)N1CC[C@H](n2nc(C#Cc3c(F)c(OC)cc(OC)c3F)c3c(N)ncc(-c4nccn4C)c32)C1. The molecule has 200 valence electrons. The van der Waals surface area contributed by atoms with Crippen LogP contribution in [0, 0.1) is 23.5 Å². The second kappa shape index (κ2) is 10.1. The van der Waals surface area contributed by atoms with Gasteiger partial charge in [0.1, 0.15) is 22.9 Å². The Kier molecular flexibility index (Phi) is 6.66. The third kappa shape index (κ3) is 4.31. The molecule has 39 heavy (non-hydrogen) atoms. The number of imidazole rings is 1. The van der Waals surface area contributed by atoms with Crippen LogP contribution >= 0.6 is 0 Å². The van der Waals surface area contributed by atoms with E-state index in [0.29, 0.717) is 41.8 Å². The number of aromatic nitrogens is 5. The number of hydrogen-bond donors (Lipinski definition) is 1. The molecule has 10 nitrogen and oxygen atoms in total. The van der Waals surface area contributed by atoms with E-state index in [9.17, 15) is 4.79 Å². The molecule has 4 heterocycles. The summed E-state index contributed by atoms with van der Waals surface area (Å²) in [4.78, 5) is 22.7. The number of methoxy groups -OCH3 is 2. The number of pyridine rings is 1. The monoisotopic (exact) mass is 533 g/mol. The molecule has 0 unspecified atom stereocenters. The first-order chi connectivity index (χ1) is 18.8. The molecule has 1 amide bonds. The Bertz CT molecular complexity index is 1650. The number of amides is 1. The molecular weight excluding hydrogens is 508 g/mol. The average molecular weight is 534 g/mol. The maximum absolute atomic E-state index is 15.0. The summed E-state index contributed by atoms with van der Waals surface area (Å²) in [5, 5.41) is 5.14. The molecule has 2 N–H and O–H groups in total. The number of anilines is 1. The van der Waals surface area contributed by atoms with Gasteiger partial charge in [-0.1, -0.05) is 12.5 Å². The summed E-state index contributed by atoms with van der Waals surface area (Å²) in [5.74, 6) is 3.53. The van der Waals surface area contributed by atoms with Gasteiger partial charge in [-0.3, -0.25) is 9.48 Å². The lowest BCUT2D eigenvalue weighted by Crippen LogP contribution is -2.27. The van der Waals surface area contributed by atoms with Crippen molar-refractivity contribution < 1.29 is 23.0 Å². The lowest BCUT2D eigenvalue weighted by molar-refractivity contribution is -0.125. The first-order valence-electron chi connectivity index (χ1n) is 12.0. The lowest BCUT2D eigenvalue weighted by atomic mass is 10.1. The average Bonchev–Trinajstić information content (AvgIpc) is 3.68. The molecule has 0 aliphatic carbocycles. The third-order valence-corrected chi connectivity index (χ3v) is 6.69. The van der Waals surface area contributed by atoms with E-state index in [4.69, 9.17) is 20.3 Å². The van der Waals surface area contributed by atoms with Crippen LogP contribution in [0.15, 0.2) is 37.3 Å². The number of nitrogens with zero attached hydrogens (tertiary/aromatic N) is 6. The minimum atomic E-state index is -0.971. The highest BCUT2D eigenvalue weighted by Crippen LogP contribution is 2.36. The summed E-state index contributed by atoms with van der Waals surface area (Å²) in [7, 11) is 4.36. The van der Waals surface area contributed by atoms with E-state index >= 15 is 8.78 Å². The molecule has 1 saturated heterocycles. The third-order valence-electron chi connectivity index (χ3n) is 6.69. The number of ether oxygens (including phenoxy) is 2. The molecular formula is C27H25F2N7O3. The van der Waals surface area contributed by atoms with E-state index in [2.05, 4.69) is 28.4 Å². The maximum atomic E-state index is 15.0. The van der Waals surface area contributed by atoms with Crippen LogP contribution in [-0.4, -0.2) is 62.4 Å². The molecule has 1 aliphatic heterocycles. The Morgan fingerprint density at radius 3 is 2.54 bits per heavy atom. The largest absolute Gasteiger partial charge is 0.493 e. The van der Waals surface area contributed by atoms with Crippen molar-refractivity contribution in [3.05, 3.63) is 60.2 Å². The zero-order chi connectivity index (χ0) is 27.8. The zero-order valence-electron chi connectivity index (χ0n) is 21.5. The Morgan fingerprint density at radius 1 is 1.21 bits per heavy atom. The van der Waals surface area contributed by atoms with Crippen molar-refractivity contribution in [1.29, 1.82) is 0 Å². The molecule has 1 fully saturated rings. The van der Waals surface area contributed by atoms with Crippen molar-refractivity contribution in [3.8, 4) is 34.7 Å². The Labute approximate surface area is 222 Å². The number of hydrogen-bond acceptors (Lipinski definition) is 7. The van der Waals surface area contributed by atoms with E-state index in [1.807, 2.05) is 11.6 Å². The molecule has 12 heteroatoms. The summed E-state index contributed by atoms with van der Waals surface area (Å²) in [5.41, 5.74) is 7.19. The summed E-state index contributed by atoms with van der Waals surface area (Å²) in [6.45, 7) is 4.46. The molecule has 1 aliphatic rings. The zero-order valence-corrected chi connectivity index (χ0v) is 21.5. The van der Waals surface area contributed by atoms with Gasteiger partial charge in [-0.05, 0) is 18.4 Å². The van der Waals surface area contributed by atoms with Crippen molar-refractivity contribution in [2.75, 3.05) is 33.0 Å².